The summed E-state index contributed by atoms with van der Waals surface area (Å²) in [7, 11) is -2.83. The molecule has 0 saturated carbocycles. The third kappa shape index (κ3) is 9.88. The van der Waals surface area contributed by atoms with E-state index < -0.39 is 50.8 Å². The number of benzene rings is 3. The fourth-order valence-electron chi connectivity index (χ4n) is 7.99. The summed E-state index contributed by atoms with van der Waals surface area (Å²) in [6.07, 6.45) is 6.17. The minimum atomic E-state index is -4.12. The number of likely N-dealkylation sites (tertiary alicyclic amines) is 1. The predicted octanol–water partition coefficient (Wildman–Crippen LogP) is 3.74. The van der Waals surface area contributed by atoms with Crippen molar-refractivity contribution in [2.24, 2.45) is 0 Å². The molecule has 0 unspecified atom stereocenters. The second-order valence-corrected chi connectivity index (χ2v) is 17.8. The first-order chi connectivity index (χ1) is 31.2. The summed E-state index contributed by atoms with van der Waals surface area (Å²) in [5, 5.41) is 5.37. The van der Waals surface area contributed by atoms with Gasteiger partial charge >= 0.3 is 10.2 Å². The molecule has 65 heavy (non-hydrogen) atoms. The molecule has 3 aliphatic rings. The molecule has 0 aliphatic carbocycles. The fourth-order valence-corrected chi connectivity index (χ4v) is 8.92. The molecule has 5 heterocycles. The van der Waals surface area contributed by atoms with Crippen molar-refractivity contribution >= 4 is 56.2 Å². The van der Waals surface area contributed by atoms with Crippen LogP contribution in [0.4, 0.5) is 30.5 Å². The monoisotopic (exact) mass is 917 g/mol. The van der Waals surface area contributed by atoms with E-state index in [9.17, 15) is 32.0 Å². The molecule has 0 spiro atoms. The van der Waals surface area contributed by atoms with Crippen LogP contribution in [-0.4, -0.2) is 125 Å². The second-order valence-electron chi connectivity index (χ2n) is 16.0. The highest BCUT2D eigenvalue weighted by Gasteiger charge is 2.30. The molecule has 8 rings (SSSR count). The summed E-state index contributed by atoms with van der Waals surface area (Å²) in [5.74, 6) is -4.07. The number of piperazine rings is 1. The van der Waals surface area contributed by atoms with Gasteiger partial charge in [0.15, 0.2) is 11.6 Å². The van der Waals surface area contributed by atoms with Crippen LogP contribution in [0.3, 0.4) is 0 Å². The molecule has 0 radical (unpaired) electrons. The molecule has 342 valence electrons. The number of halogens is 3. The first-order valence-corrected chi connectivity index (χ1v) is 22.5. The molecule has 3 aromatic carbocycles. The van der Waals surface area contributed by atoms with Crippen molar-refractivity contribution in [3.8, 4) is 17.2 Å². The van der Waals surface area contributed by atoms with E-state index in [2.05, 4.69) is 35.2 Å². The fraction of sp³-hybridized carbons (Fsp3) is 0.372. The van der Waals surface area contributed by atoms with Gasteiger partial charge < -0.3 is 19.9 Å². The lowest BCUT2D eigenvalue weighted by Gasteiger charge is -2.37. The zero-order chi connectivity index (χ0) is 46.0. The van der Waals surface area contributed by atoms with Gasteiger partial charge in [-0.2, -0.15) is 12.7 Å². The van der Waals surface area contributed by atoms with Gasteiger partial charge in [0.25, 0.3) is 5.56 Å². The Morgan fingerprint density at radius 3 is 2.34 bits per heavy atom. The van der Waals surface area contributed by atoms with Gasteiger partial charge in [0.05, 0.1) is 41.2 Å². The number of rotatable bonds is 13. The summed E-state index contributed by atoms with van der Waals surface area (Å²) in [5.41, 5.74) is 0.578. The average Bonchev–Trinajstić information content (AvgIpc) is 3.30. The Hall–Kier alpha value is -6.65. The maximum atomic E-state index is 15.4. The van der Waals surface area contributed by atoms with Crippen LogP contribution in [0.25, 0.3) is 16.6 Å². The van der Waals surface area contributed by atoms with Crippen LogP contribution in [0.15, 0.2) is 72.0 Å². The van der Waals surface area contributed by atoms with Crippen LogP contribution in [-0.2, 0) is 24.6 Å². The number of carbonyl (C=O) groups is 3. The Labute approximate surface area is 371 Å². The summed E-state index contributed by atoms with van der Waals surface area (Å²) in [6, 6.07) is 10.2. The Kier molecular flexibility index (Phi) is 13.0. The molecule has 5 aromatic rings. The van der Waals surface area contributed by atoms with E-state index in [1.54, 1.807) is 24.0 Å². The van der Waals surface area contributed by atoms with Gasteiger partial charge in [-0.25, -0.2) is 28.1 Å². The smallest absolute Gasteiger partial charge is 0.301 e. The largest absolute Gasteiger partial charge is 0.451 e. The van der Waals surface area contributed by atoms with E-state index in [0.717, 1.165) is 16.4 Å². The van der Waals surface area contributed by atoms with E-state index >= 15 is 8.78 Å². The zero-order valence-corrected chi connectivity index (χ0v) is 36.3. The Morgan fingerprint density at radius 2 is 1.65 bits per heavy atom. The molecule has 0 bridgehead atoms. The lowest BCUT2D eigenvalue weighted by Crippen LogP contribution is -2.52. The lowest BCUT2D eigenvalue weighted by molar-refractivity contribution is -0.134. The number of hydrogen-bond donors (Lipinski definition) is 3. The van der Waals surface area contributed by atoms with E-state index in [0.29, 0.717) is 81.4 Å². The standard InChI is InChI=1S/C43H46F3N11O7S/c1-3-53(2)65(62,63)52-35-9-7-32(44)40(39(35)46)64-29-5-8-34-31(21-29)42(61)57(25-49-34)28-22-47-43(48-23-28)56-18-16-55(17-19-56)38(59)24-54-14-12-26(13-15-54)30-6-4-27(20-33(30)45)50-36-10-11-37(58)51-41(36)60/h4-9,20-23,25-26,36,50,52H,3,10-19,24H2,1-2H3,(H,51,58,60)/t36-/m1/s1. The first kappa shape index (κ1) is 44.9. The maximum absolute atomic E-state index is 15.4. The SMILES string of the molecule is CCN(C)S(=O)(=O)Nc1ccc(F)c(Oc2ccc3ncn(-c4cnc(N5CCN(C(=O)CN6CCC(c7ccc(N[C@@H]8CCC(=O)NC8=O)cc7F)CC6)CC5)nc4)c(=O)c3c2)c1F. The van der Waals surface area contributed by atoms with Crippen molar-refractivity contribution in [3.63, 3.8) is 0 Å². The van der Waals surface area contributed by atoms with Crippen LogP contribution in [0, 0.1) is 17.5 Å². The number of anilines is 3. The summed E-state index contributed by atoms with van der Waals surface area (Å²) in [6.45, 7) is 5.08. The summed E-state index contributed by atoms with van der Waals surface area (Å²) < 4.78 is 80.1. The van der Waals surface area contributed by atoms with Crippen LogP contribution >= 0.6 is 0 Å². The Bertz CT molecular complexity index is 2800. The van der Waals surface area contributed by atoms with Crippen LogP contribution < -0.4 is 30.6 Å². The number of nitrogens with one attached hydrogen (secondary N) is 3. The molecule has 18 nitrogen and oxygen atoms in total. The van der Waals surface area contributed by atoms with Gasteiger partial charge in [0.2, 0.25) is 29.4 Å². The van der Waals surface area contributed by atoms with Crippen molar-refractivity contribution in [3.05, 3.63) is 101 Å². The summed E-state index contributed by atoms with van der Waals surface area (Å²) in [4.78, 5) is 69.7. The van der Waals surface area contributed by atoms with E-state index in [-0.39, 0.29) is 59.7 Å². The van der Waals surface area contributed by atoms with Gasteiger partial charge in [-0.15, -0.1) is 0 Å². The summed E-state index contributed by atoms with van der Waals surface area (Å²) >= 11 is 0. The number of hydrogen-bond acceptors (Lipinski definition) is 13. The van der Waals surface area contributed by atoms with Crippen molar-refractivity contribution in [1.82, 2.24) is 38.9 Å². The highest BCUT2D eigenvalue weighted by atomic mass is 32.2. The second kappa shape index (κ2) is 18.8. The number of ether oxygens (including phenoxy) is 1. The molecular formula is C43H46F3N11O7S. The third-order valence-electron chi connectivity index (χ3n) is 11.9. The first-order valence-electron chi connectivity index (χ1n) is 21.1. The van der Waals surface area contributed by atoms with E-state index in [4.69, 9.17) is 4.74 Å². The zero-order valence-electron chi connectivity index (χ0n) is 35.5. The van der Waals surface area contributed by atoms with Crippen LogP contribution in [0.2, 0.25) is 0 Å². The molecule has 3 N–H and O–H groups in total. The number of aromatic nitrogens is 4. The highest BCUT2D eigenvalue weighted by Crippen LogP contribution is 2.34. The number of piperidine rings is 2. The van der Waals surface area contributed by atoms with Gasteiger partial charge in [0, 0.05) is 51.9 Å². The Balaban J connectivity index is 0.837. The van der Waals surface area contributed by atoms with Crippen molar-refractivity contribution in [2.75, 3.05) is 74.3 Å². The molecular weight excluding hydrogens is 872 g/mol. The van der Waals surface area contributed by atoms with Crippen molar-refractivity contribution in [2.45, 2.75) is 44.6 Å². The van der Waals surface area contributed by atoms with Crippen LogP contribution in [0.1, 0.15) is 44.1 Å². The quantitative estimate of drug-likeness (QED) is 0.144. The minimum absolute atomic E-state index is 0.00199. The number of carbonyl (C=O) groups excluding carboxylic acids is 3. The lowest BCUT2D eigenvalue weighted by atomic mass is 9.89. The normalized spacial score (nSPS) is 17.7. The molecule has 2 aromatic heterocycles. The Morgan fingerprint density at radius 1 is 0.908 bits per heavy atom. The number of imide groups is 1. The third-order valence-corrected chi connectivity index (χ3v) is 13.4. The van der Waals surface area contributed by atoms with Gasteiger partial charge in [-0.3, -0.25) is 38.7 Å². The van der Waals surface area contributed by atoms with Gasteiger partial charge in [-0.1, -0.05) is 13.0 Å². The predicted molar refractivity (Wildman–Crippen MR) is 234 cm³/mol. The van der Waals surface area contributed by atoms with Gasteiger partial charge in [0.1, 0.15) is 23.9 Å². The molecule has 3 aliphatic heterocycles. The number of fused-ring (bicyclic) bond motifs is 1. The van der Waals surface area contributed by atoms with Crippen molar-refractivity contribution < 1.29 is 40.7 Å². The number of nitrogens with zero attached hydrogens (tertiary/aromatic N) is 8. The molecule has 3 amide bonds. The van der Waals surface area contributed by atoms with E-state index in [1.165, 1.54) is 54.6 Å². The molecule has 3 saturated heterocycles. The minimum Gasteiger partial charge on any atom is -0.451 e. The van der Waals surface area contributed by atoms with Crippen LogP contribution in [0.5, 0.6) is 11.5 Å². The maximum Gasteiger partial charge on any atom is 0.301 e. The average molecular weight is 918 g/mol. The molecule has 3 fully saturated rings. The topological polar surface area (TPSA) is 204 Å². The number of amides is 3. The van der Waals surface area contributed by atoms with Gasteiger partial charge in [-0.05, 0) is 86.3 Å². The molecule has 22 heteroatoms. The highest BCUT2D eigenvalue weighted by molar-refractivity contribution is 7.90. The van der Waals surface area contributed by atoms with E-state index in [1.807, 2.05) is 4.90 Å². The van der Waals surface area contributed by atoms with Crippen molar-refractivity contribution in [1.29, 1.82) is 0 Å². The molecule has 1 atom stereocenters.